The molecule has 0 rings (SSSR count). The van der Waals surface area contributed by atoms with Crippen molar-refractivity contribution >= 4 is 63.3 Å². The zero-order chi connectivity index (χ0) is 46.4. The van der Waals surface area contributed by atoms with E-state index in [9.17, 15) is 0 Å². The summed E-state index contributed by atoms with van der Waals surface area (Å²) in [5, 5.41) is 0. The van der Waals surface area contributed by atoms with Crippen LogP contribution in [-0.4, -0.2) is 169 Å². The largest absolute Gasteiger partial charge is 0.673 e. The Morgan fingerprint density at radius 2 is 0.230 bits per heavy atom. The number of rotatable bonds is 44. The summed E-state index contributed by atoms with van der Waals surface area (Å²) in [4.78, 5) is 0. The lowest BCUT2D eigenvalue weighted by atomic mass is 10.9. The lowest BCUT2D eigenvalue weighted by Gasteiger charge is -2.43. The van der Waals surface area contributed by atoms with Gasteiger partial charge in [0.05, 0.1) is 0 Å². The van der Waals surface area contributed by atoms with Crippen molar-refractivity contribution in [1.29, 1.82) is 0 Å². The third kappa shape index (κ3) is 20.6. The minimum atomic E-state index is -4.80. The third-order valence-electron chi connectivity index (χ3n) is 6.64. The van der Waals surface area contributed by atoms with Crippen molar-refractivity contribution < 1.29 is 95.5 Å². The fourth-order valence-electron chi connectivity index (χ4n) is 5.08. The first-order valence-corrected chi connectivity index (χ1v) is 33.1. The fraction of sp³-hybridized carbons (Fsp3) is 1.00. The molecule has 0 saturated carbocycles. The van der Waals surface area contributed by atoms with Crippen molar-refractivity contribution in [2.75, 3.05) is 106 Å². The monoisotopic (exact) mass is 1010 g/mol. The number of hydrogen-bond acceptors (Lipinski definition) is 22. The summed E-state index contributed by atoms with van der Waals surface area (Å²) in [6, 6.07) is 0. The second-order valence-electron chi connectivity index (χ2n) is 11.0. The molecule has 0 radical (unpaired) electrons. The molecule has 0 atom stereocenters. The summed E-state index contributed by atoms with van der Waals surface area (Å²) in [6.07, 6.45) is 0. The molecule has 0 unspecified atom stereocenters. The zero-order valence-corrected chi connectivity index (χ0v) is 46.8. The second-order valence-corrected chi connectivity index (χ2v) is 27.6. The van der Waals surface area contributed by atoms with Gasteiger partial charge in [-0.15, -0.1) is 0 Å². The van der Waals surface area contributed by atoms with Crippen molar-refractivity contribution in [2.24, 2.45) is 0 Å². The summed E-state index contributed by atoms with van der Waals surface area (Å²) in [5.41, 5.74) is 0. The summed E-state index contributed by atoms with van der Waals surface area (Å²) < 4.78 is 140. The number of hydrogen-bond donors (Lipinski definition) is 0. The Morgan fingerprint density at radius 1 is 0.148 bits per heavy atom. The SMILES string of the molecule is CCO[Si](OCC)(OCC)O[Si](OCC)(OCC)O[Si](OCC)(OCC)O[Si](OCC)(OCC)O[Si](OCC)(OCC)O[Si](OCC)(OCC)O[Si](OCC)(OCC)OCC. The molecule has 0 amide bonds. The maximum atomic E-state index is 6.88. The van der Waals surface area contributed by atoms with Crippen LogP contribution in [-0.2, 0) is 95.5 Å². The molecule has 368 valence electrons. The van der Waals surface area contributed by atoms with Crippen molar-refractivity contribution in [2.45, 2.75) is 111 Å². The van der Waals surface area contributed by atoms with Gasteiger partial charge in [0.1, 0.15) is 0 Å². The van der Waals surface area contributed by atoms with E-state index < -0.39 is 63.3 Å². The normalized spacial score (nSPS) is 13.8. The molecule has 22 nitrogen and oxygen atoms in total. The van der Waals surface area contributed by atoms with Crippen molar-refractivity contribution in [3.8, 4) is 0 Å². The van der Waals surface area contributed by atoms with Gasteiger partial charge in [0.25, 0.3) is 0 Å². The van der Waals surface area contributed by atoms with Crippen LogP contribution in [0.15, 0.2) is 0 Å². The van der Waals surface area contributed by atoms with Gasteiger partial charge in [-0.1, -0.05) is 0 Å². The van der Waals surface area contributed by atoms with E-state index in [-0.39, 0.29) is 106 Å². The predicted molar refractivity (Wildman–Crippen MR) is 233 cm³/mol. The molecule has 0 aliphatic carbocycles. The van der Waals surface area contributed by atoms with Crippen LogP contribution in [0, 0.1) is 0 Å². The van der Waals surface area contributed by atoms with E-state index in [2.05, 4.69) is 0 Å². The zero-order valence-electron chi connectivity index (χ0n) is 39.8. The molecule has 0 aromatic heterocycles. The summed E-state index contributed by atoms with van der Waals surface area (Å²) >= 11 is 0. The molecule has 61 heavy (non-hydrogen) atoms. The summed E-state index contributed by atoms with van der Waals surface area (Å²) in [5.74, 6) is 0. The molecular formula is C32H80O22Si7. The minimum Gasteiger partial charge on any atom is -0.352 e. The molecule has 0 aliphatic heterocycles. The van der Waals surface area contributed by atoms with Crippen LogP contribution in [0.3, 0.4) is 0 Å². The maximum Gasteiger partial charge on any atom is 0.673 e. The first-order chi connectivity index (χ1) is 29.2. The molecule has 0 fully saturated rings. The Labute approximate surface area is 374 Å². The van der Waals surface area contributed by atoms with Gasteiger partial charge in [0.15, 0.2) is 0 Å². The molecular weight excluding hydrogens is 933 g/mol. The maximum absolute atomic E-state index is 6.88. The van der Waals surface area contributed by atoms with Gasteiger partial charge in [0, 0.05) is 106 Å². The molecule has 0 heterocycles. The van der Waals surface area contributed by atoms with E-state index in [4.69, 9.17) is 95.5 Å². The quantitative estimate of drug-likeness (QED) is 0.0758. The molecule has 0 saturated heterocycles. The Hall–Kier alpha value is 0.638. The van der Waals surface area contributed by atoms with Crippen molar-refractivity contribution in [1.82, 2.24) is 0 Å². The molecule has 0 aliphatic rings. The molecule has 0 N–H and O–H groups in total. The first-order valence-electron chi connectivity index (χ1n) is 21.6. The van der Waals surface area contributed by atoms with E-state index in [0.717, 1.165) is 0 Å². The highest BCUT2D eigenvalue weighted by Crippen LogP contribution is 2.34. The Bertz CT molecular complexity index is 943. The Balaban J connectivity index is 8.20. The smallest absolute Gasteiger partial charge is 0.352 e. The third-order valence-corrected chi connectivity index (χ3v) is 28.9. The van der Waals surface area contributed by atoms with E-state index >= 15 is 0 Å². The predicted octanol–water partition coefficient (Wildman–Crippen LogP) is 4.72. The molecule has 0 spiro atoms. The summed E-state index contributed by atoms with van der Waals surface area (Å²) in [7, 11) is -31.4. The average molecular weight is 1010 g/mol. The van der Waals surface area contributed by atoms with Gasteiger partial charge < -0.3 is 95.5 Å². The van der Waals surface area contributed by atoms with Gasteiger partial charge in [-0.3, -0.25) is 0 Å². The van der Waals surface area contributed by atoms with E-state index in [1.807, 2.05) is 0 Å². The Morgan fingerprint density at radius 3 is 0.328 bits per heavy atom. The standard InChI is InChI=1S/C32H80O22Si7/c1-17-33-55(34-18-2,35-19-3)49-57(39-23-7,40-24-8)51-59(43-27-11,44-28-12)53-61(47-31-15,48-32-16)54-60(45-29-13,46-30-14)52-58(41-25-9,42-26-10)50-56(36-20-4,37-21-5)38-22-6/h17-32H2,1-16H3. The molecule has 0 aromatic rings. The van der Waals surface area contributed by atoms with Gasteiger partial charge >= 0.3 is 63.3 Å². The Kier molecular flexibility index (Phi) is 33.5. The fourth-order valence-corrected chi connectivity index (χ4v) is 27.8. The van der Waals surface area contributed by atoms with Crippen LogP contribution in [0.1, 0.15) is 111 Å². The molecule has 0 aromatic carbocycles. The van der Waals surface area contributed by atoms with Crippen LogP contribution < -0.4 is 0 Å². The van der Waals surface area contributed by atoms with Gasteiger partial charge in [-0.2, -0.15) is 0 Å². The lowest BCUT2D eigenvalue weighted by Crippen LogP contribution is -2.73. The van der Waals surface area contributed by atoms with Crippen LogP contribution >= 0.6 is 0 Å². The van der Waals surface area contributed by atoms with Crippen LogP contribution in [0.2, 0.25) is 0 Å². The van der Waals surface area contributed by atoms with Crippen molar-refractivity contribution in [3.63, 3.8) is 0 Å². The highest BCUT2D eigenvalue weighted by Gasteiger charge is 2.73. The van der Waals surface area contributed by atoms with Crippen molar-refractivity contribution in [3.05, 3.63) is 0 Å². The molecule has 29 heteroatoms. The first kappa shape index (κ1) is 61.6. The van der Waals surface area contributed by atoms with E-state index in [1.54, 1.807) is 111 Å². The summed E-state index contributed by atoms with van der Waals surface area (Å²) in [6.45, 7) is 29.1. The second kappa shape index (κ2) is 33.2. The molecule has 0 bridgehead atoms. The van der Waals surface area contributed by atoms with Gasteiger partial charge in [0.2, 0.25) is 0 Å². The average Bonchev–Trinajstić information content (AvgIpc) is 3.16. The minimum absolute atomic E-state index is 0.00380. The highest BCUT2D eigenvalue weighted by atomic mass is 28.6. The van der Waals surface area contributed by atoms with Gasteiger partial charge in [-0.25, -0.2) is 0 Å². The van der Waals surface area contributed by atoms with Crippen LogP contribution in [0.4, 0.5) is 0 Å². The lowest BCUT2D eigenvalue weighted by molar-refractivity contribution is -0.0935. The highest BCUT2D eigenvalue weighted by molar-refractivity contribution is 6.81. The van der Waals surface area contributed by atoms with E-state index in [1.165, 1.54) is 0 Å². The van der Waals surface area contributed by atoms with E-state index in [0.29, 0.717) is 0 Å². The van der Waals surface area contributed by atoms with Crippen LogP contribution in [0.5, 0.6) is 0 Å². The van der Waals surface area contributed by atoms with Crippen LogP contribution in [0.25, 0.3) is 0 Å². The van der Waals surface area contributed by atoms with Gasteiger partial charge in [-0.05, 0) is 111 Å². The topological polar surface area (TPSA) is 203 Å².